The van der Waals surface area contributed by atoms with Gasteiger partial charge in [0, 0.05) is 12.1 Å². The fourth-order valence-electron chi connectivity index (χ4n) is 3.40. The average molecular weight is 387 g/mol. The molecule has 1 aliphatic heterocycles. The number of amides is 1. The van der Waals surface area contributed by atoms with Gasteiger partial charge < -0.3 is 19.1 Å². The maximum Gasteiger partial charge on any atom is 0.338 e. The lowest BCUT2D eigenvalue weighted by Gasteiger charge is -2.26. The average Bonchev–Trinajstić information content (AvgIpc) is 3.21. The number of likely N-dealkylation sites (tertiary alicyclic amines) is 1. The van der Waals surface area contributed by atoms with Crippen LogP contribution >= 0.6 is 0 Å². The minimum atomic E-state index is -0.734. The zero-order valence-electron chi connectivity index (χ0n) is 15.8. The second kappa shape index (κ2) is 8.73. The molecular weight excluding hydrogens is 365 g/mol. The standard InChI is InChI=1S/C21H22FNO5/c1-26-16-8-9-19(27-2)17(12-16)18-7-4-10-23(18)20(24)13-28-21(25)14-5-3-6-15(22)11-14/h3,5-6,8-9,11-12,18H,4,7,10,13H2,1-2H3/t18-/m0/s1. The van der Waals surface area contributed by atoms with Gasteiger partial charge in [0.15, 0.2) is 6.61 Å². The van der Waals surface area contributed by atoms with Gasteiger partial charge in [-0.3, -0.25) is 4.79 Å². The molecule has 0 spiro atoms. The van der Waals surface area contributed by atoms with Gasteiger partial charge in [-0.1, -0.05) is 6.07 Å². The van der Waals surface area contributed by atoms with Gasteiger partial charge in [-0.15, -0.1) is 0 Å². The maximum atomic E-state index is 13.2. The van der Waals surface area contributed by atoms with Crippen LogP contribution in [-0.4, -0.2) is 44.1 Å². The normalized spacial score (nSPS) is 16.0. The van der Waals surface area contributed by atoms with Crippen LogP contribution in [0.5, 0.6) is 11.5 Å². The van der Waals surface area contributed by atoms with Gasteiger partial charge in [-0.2, -0.15) is 0 Å². The third kappa shape index (κ3) is 4.24. The molecule has 6 nitrogen and oxygen atoms in total. The van der Waals surface area contributed by atoms with E-state index in [-0.39, 0.29) is 17.5 Å². The lowest BCUT2D eigenvalue weighted by Crippen LogP contribution is -2.34. The first-order chi connectivity index (χ1) is 13.5. The van der Waals surface area contributed by atoms with E-state index in [1.54, 1.807) is 31.3 Å². The Morgan fingerprint density at radius 2 is 1.96 bits per heavy atom. The Morgan fingerprint density at radius 3 is 2.68 bits per heavy atom. The number of hydrogen-bond donors (Lipinski definition) is 0. The number of hydrogen-bond acceptors (Lipinski definition) is 5. The van der Waals surface area contributed by atoms with E-state index < -0.39 is 18.4 Å². The molecule has 1 aliphatic rings. The fourth-order valence-corrected chi connectivity index (χ4v) is 3.40. The van der Waals surface area contributed by atoms with E-state index >= 15 is 0 Å². The molecule has 1 heterocycles. The molecule has 1 fully saturated rings. The van der Waals surface area contributed by atoms with Crippen LogP contribution in [0.3, 0.4) is 0 Å². The van der Waals surface area contributed by atoms with Crippen molar-refractivity contribution in [2.75, 3.05) is 27.4 Å². The van der Waals surface area contributed by atoms with Crippen molar-refractivity contribution in [3.8, 4) is 11.5 Å². The molecule has 0 saturated carbocycles. The van der Waals surface area contributed by atoms with E-state index in [2.05, 4.69) is 0 Å². The maximum absolute atomic E-state index is 13.2. The molecule has 2 aromatic carbocycles. The van der Waals surface area contributed by atoms with Crippen molar-refractivity contribution in [3.05, 3.63) is 59.4 Å². The molecule has 0 N–H and O–H groups in total. The predicted molar refractivity (Wildman–Crippen MR) is 99.9 cm³/mol. The molecule has 148 valence electrons. The third-order valence-corrected chi connectivity index (χ3v) is 4.76. The van der Waals surface area contributed by atoms with E-state index in [1.807, 2.05) is 6.07 Å². The summed E-state index contributed by atoms with van der Waals surface area (Å²) in [4.78, 5) is 26.4. The minimum absolute atomic E-state index is 0.0697. The fraction of sp³-hybridized carbons (Fsp3) is 0.333. The zero-order valence-corrected chi connectivity index (χ0v) is 15.8. The van der Waals surface area contributed by atoms with Crippen LogP contribution in [0, 0.1) is 5.82 Å². The van der Waals surface area contributed by atoms with Crippen molar-refractivity contribution in [1.29, 1.82) is 0 Å². The Bertz CT molecular complexity index is 870. The number of nitrogens with zero attached hydrogens (tertiary/aromatic N) is 1. The first-order valence-corrected chi connectivity index (χ1v) is 8.97. The van der Waals surface area contributed by atoms with Crippen LogP contribution in [0.15, 0.2) is 42.5 Å². The minimum Gasteiger partial charge on any atom is -0.497 e. The highest BCUT2D eigenvalue weighted by atomic mass is 19.1. The Morgan fingerprint density at radius 1 is 1.14 bits per heavy atom. The van der Waals surface area contributed by atoms with Crippen LogP contribution in [0.25, 0.3) is 0 Å². The van der Waals surface area contributed by atoms with Crippen LogP contribution in [0.2, 0.25) is 0 Å². The summed E-state index contributed by atoms with van der Waals surface area (Å²) in [7, 11) is 3.15. The SMILES string of the molecule is COc1ccc(OC)c([C@@H]2CCCN2C(=O)COC(=O)c2cccc(F)c2)c1. The molecule has 7 heteroatoms. The van der Waals surface area contributed by atoms with Gasteiger partial charge in [0.25, 0.3) is 5.91 Å². The number of carbonyl (C=O) groups excluding carboxylic acids is 2. The molecule has 0 bridgehead atoms. The monoisotopic (exact) mass is 387 g/mol. The van der Waals surface area contributed by atoms with E-state index in [9.17, 15) is 14.0 Å². The lowest BCUT2D eigenvalue weighted by atomic mass is 10.0. The molecule has 28 heavy (non-hydrogen) atoms. The van der Waals surface area contributed by atoms with Crippen LogP contribution in [-0.2, 0) is 9.53 Å². The summed E-state index contributed by atoms with van der Waals surface area (Å²) in [5, 5.41) is 0. The van der Waals surface area contributed by atoms with Gasteiger partial charge in [-0.05, 0) is 49.2 Å². The van der Waals surface area contributed by atoms with Crippen molar-refractivity contribution in [1.82, 2.24) is 4.90 Å². The van der Waals surface area contributed by atoms with Gasteiger partial charge >= 0.3 is 5.97 Å². The van der Waals surface area contributed by atoms with Crippen LogP contribution in [0.1, 0.15) is 34.8 Å². The molecule has 1 amide bonds. The molecule has 0 radical (unpaired) electrons. The molecule has 0 aromatic heterocycles. The number of methoxy groups -OCH3 is 2. The smallest absolute Gasteiger partial charge is 0.338 e. The third-order valence-electron chi connectivity index (χ3n) is 4.76. The quantitative estimate of drug-likeness (QED) is 0.711. The molecular formula is C21H22FNO5. The molecule has 2 aromatic rings. The molecule has 0 aliphatic carbocycles. The Balaban J connectivity index is 1.70. The molecule has 3 rings (SSSR count). The highest BCUT2D eigenvalue weighted by Gasteiger charge is 2.32. The Kier molecular flexibility index (Phi) is 6.13. The summed E-state index contributed by atoms with van der Waals surface area (Å²) in [5.41, 5.74) is 0.921. The Labute approximate surface area is 162 Å². The zero-order chi connectivity index (χ0) is 20.1. The number of rotatable bonds is 6. The van der Waals surface area contributed by atoms with Crippen LogP contribution < -0.4 is 9.47 Å². The topological polar surface area (TPSA) is 65.1 Å². The van der Waals surface area contributed by atoms with Gasteiger partial charge in [-0.25, -0.2) is 9.18 Å². The molecule has 0 unspecified atom stereocenters. The lowest BCUT2D eigenvalue weighted by molar-refractivity contribution is -0.135. The number of carbonyl (C=O) groups is 2. The summed E-state index contributed by atoms with van der Waals surface area (Å²) in [6, 6.07) is 10.4. The summed E-state index contributed by atoms with van der Waals surface area (Å²) < 4.78 is 29.1. The summed E-state index contributed by atoms with van der Waals surface area (Å²) in [6.45, 7) is 0.152. The second-order valence-electron chi connectivity index (χ2n) is 6.44. The summed E-state index contributed by atoms with van der Waals surface area (Å²) in [5.74, 6) is -0.236. The van der Waals surface area contributed by atoms with Gasteiger partial charge in [0.2, 0.25) is 0 Å². The summed E-state index contributed by atoms with van der Waals surface area (Å²) in [6.07, 6.45) is 1.60. The van der Waals surface area contributed by atoms with Crippen molar-refractivity contribution < 1.29 is 28.2 Å². The number of halogens is 1. The van der Waals surface area contributed by atoms with E-state index in [0.29, 0.717) is 18.0 Å². The highest BCUT2D eigenvalue weighted by Crippen LogP contribution is 2.38. The van der Waals surface area contributed by atoms with E-state index in [0.717, 1.165) is 24.5 Å². The molecule has 1 saturated heterocycles. The second-order valence-corrected chi connectivity index (χ2v) is 6.44. The van der Waals surface area contributed by atoms with Gasteiger partial charge in [0.05, 0.1) is 25.8 Å². The number of benzene rings is 2. The predicted octanol–water partition coefficient (Wildman–Crippen LogP) is 3.36. The summed E-state index contributed by atoms with van der Waals surface area (Å²) >= 11 is 0. The Hall–Kier alpha value is -3.09. The van der Waals surface area contributed by atoms with Crippen molar-refractivity contribution in [2.24, 2.45) is 0 Å². The van der Waals surface area contributed by atoms with Crippen molar-refractivity contribution in [3.63, 3.8) is 0 Å². The van der Waals surface area contributed by atoms with Crippen LogP contribution in [0.4, 0.5) is 4.39 Å². The number of esters is 1. The van der Waals surface area contributed by atoms with E-state index in [1.165, 1.54) is 18.2 Å². The first kappa shape index (κ1) is 19.7. The number of ether oxygens (including phenoxy) is 3. The van der Waals surface area contributed by atoms with Crippen molar-refractivity contribution >= 4 is 11.9 Å². The first-order valence-electron chi connectivity index (χ1n) is 8.97. The highest BCUT2D eigenvalue weighted by molar-refractivity contribution is 5.91. The molecule has 1 atom stereocenters. The largest absolute Gasteiger partial charge is 0.497 e. The van der Waals surface area contributed by atoms with E-state index in [4.69, 9.17) is 14.2 Å². The van der Waals surface area contributed by atoms with Crippen molar-refractivity contribution in [2.45, 2.75) is 18.9 Å². The van der Waals surface area contributed by atoms with Gasteiger partial charge in [0.1, 0.15) is 17.3 Å².